The van der Waals surface area contributed by atoms with Crippen LogP contribution in [-0.4, -0.2) is 22.4 Å². The fourth-order valence-corrected chi connectivity index (χ4v) is 2.79. The van der Waals surface area contributed by atoms with Gasteiger partial charge in [-0.25, -0.2) is 0 Å². The van der Waals surface area contributed by atoms with Gasteiger partial charge in [-0.1, -0.05) is 0 Å². The number of rotatable bonds is 3. The van der Waals surface area contributed by atoms with Crippen molar-refractivity contribution in [1.82, 2.24) is 9.78 Å². The van der Waals surface area contributed by atoms with Gasteiger partial charge >= 0.3 is 5.97 Å². The second kappa shape index (κ2) is 3.76. The van der Waals surface area contributed by atoms with Crippen molar-refractivity contribution in [1.29, 1.82) is 5.26 Å². The number of fused-ring (bicyclic) bond motifs is 3. The monoisotopic (exact) mass is 267 g/mol. The molecule has 5 nitrogen and oxygen atoms in total. The molecule has 0 bridgehead atoms. The summed E-state index contributed by atoms with van der Waals surface area (Å²) in [7, 11) is 0. The topological polar surface area (TPSA) is 67.9 Å². The van der Waals surface area contributed by atoms with Crippen molar-refractivity contribution in [2.24, 2.45) is 5.92 Å². The molecule has 2 atom stereocenters. The summed E-state index contributed by atoms with van der Waals surface area (Å²) in [5, 5.41) is 12.8. The second-order valence-corrected chi connectivity index (χ2v) is 4.76. The number of hydrogen-bond donors (Lipinski definition) is 0. The van der Waals surface area contributed by atoms with Crippen LogP contribution in [0, 0.1) is 17.2 Å². The van der Waals surface area contributed by atoms with Gasteiger partial charge in [0, 0.05) is 11.5 Å². The molecule has 1 heterocycles. The number of nitriles is 1. The van der Waals surface area contributed by atoms with Crippen molar-refractivity contribution in [3.63, 3.8) is 0 Å². The molecule has 100 valence electrons. The average Bonchev–Trinajstić information content (AvgIpc) is 3.00. The maximum atomic E-state index is 14.1. The van der Waals surface area contributed by atoms with Crippen molar-refractivity contribution in [2.75, 3.05) is 6.61 Å². The number of halogens is 2. The molecule has 0 N–H and O–H groups in total. The molecule has 0 aromatic carbocycles. The summed E-state index contributed by atoms with van der Waals surface area (Å²) >= 11 is 0. The first kappa shape index (κ1) is 12.1. The standard InChI is InChI=1S/C12H11F2N3O2/c1-2-19-9(18)5-17-11-10(8(4-15)16-17)6-3-7(6)12(11,13)14/h6-7H,2-3,5H2,1H3/t6-,7+/m0/s1. The fraction of sp³-hybridized carbons (Fsp3) is 0.583. The van der Waals surface area contributed by atoms with E-state index in [1.165, 1.54) is 0 Å². The molecule has 0 spiro atoms. The predicted molar refractivity (Wildman–Crippen MR) is 58.3 cm³/mol. The van der Waals surface area contributed by atoms with Crippen LogP contribution >= 0.6 is 0 Å². The second-order valence-electron chi connectivity index (χ2n) is 4.76. The molecule has 3 rings (SSSR count). The Morgan fingerprint density at radius 1 is 1.68 bits per heavy atom. The molecule has 0 radical (unpaired) electrons. The third-order valence-electron chi connectivity index (χ3n) is 3.62. The molecule has 1 fully saturated rings. The molecule has 1 aromatic heterocycles. The van der Waals surface area contributed by atoms with Crippen LogP contribution in [0.2, 0.25) is 0 Å². The van der Waals surface area contributed by atoms with Gasteiger partial charge in [0.25, 0.3) is 5.92 Å². The van der Waals surface area contributed by atoms with E-state index in [1.807, 2.05) is 6.07 Å². The van der Waals surface area contributed by atoms with E-state index in [-0.39, 0.29) is 30.5 Å². The highest BCUT2D eigenvalue weighted by molar-refractivity contribution is 5.69. The van der Waals surface area contributed by atoms with Crippen molar-refractivity contribution < 1.29 is 18.3 Å². The molecule has 2 aliphatic carbocycles. The Bertz CT molecular complexity index is 603. The van der Waals surface area contributed by atoms with E-state index >= 15 is 0 Å². The third kappa shape index (κ3) is 1.56. The summed E-state index contributed by atoms with van der Waals surface area (Å²) in [6, 6.07) is 1.83. The molecule has 7 heteroatoms. The number of alkyl halides is 2. The van der Waals surface area contributed by atoms with E-state index < -0.39 is 17.8 Å². The summed E-state index contributed by atoms with van der Waals surface area (Å²) < 4.78 is 33.8. The van der Waals surface area contributed by atoms with Crippen molar-refractivity contribution in [3.8, 4) is 6.07 Å². The molecule has 2 aliphatic rings. The van der Waals surface area contributed by atoms with E-state index in [9.17, 15) is 13.6 Å². The molecule has 0 unspecified atom stereocenters. The van der Waals surface area contributed by atoms with E-state index in [2.05, 4.69) is 5.10 Å². The lowest BCUT2D eigenvalue weighted by Crippen LogP contribution is -2.23. The number of carbonyl (C=O) groups is 1. The molecular formula is C12H11F2N3O2. The van der Waals surface area contributed by atoms with Gasteiger partial charge in [0.2, 0.25) is 0 Å². The molecule has 0 saturated heterocycles. The van der Waals surface area contributed by atoms with E-state index in [1.54, 1.807) is 6.92 Å². The highest BCUT2D eigenvalue weighted by Gasteiger charge is 2.66. The SMILES string of the molecule is CCOC(=O)Cn1nc(C#N)c2c1C(F)(F)[C@@H]1C[C@H]21. The lowest BCUT2D eigenvalue weighted by Gasteiger charge is -2.14. The van der Waals surface area contributed by atoms with Crippen molar-refractivity contribution in [3.05, 3.63) is 17.0 Å². The number of hydrogen-bond acceptors (Lipinski definition) is 4. The maximum Gasteiger partial charge on any atom is 0.327 e. The highest BCUT2D eigenvalue weighted by Crippen LogP contribution is 2.67. The summed E-state index contributed by atoms with van der Waals surface area (Å²) in [6.45, 7) is 1.43. The number of esters is 1. The van der Waals surface area contributed by atoms with Gasteiger partial charge in [-0.2, -0.15) is 19.1 Å². The summed E-state index contributed by atoms with van der Waals surface area (Å²) in [6.07, 6.45) is 0.389. The Labute approximate surface area is 107 Å². The predicted octanol–water partition coefficient (Wildman–Crippen LogP) is 1.53. The Balaban J connectivity index is 2.02. The smallest absolute Gasteiger partial charge is 0.327 e. The highest BCUT2D eigenvalue weighted by atomic mass is 19.3. The number of ether oxygens (including phenoxy) is 1. The number of aromatic nitrogens is 2. The van der Waals surface area contributed by atoms with Crippen LogP contribution in [0.25, 0.3) is 0 Å². The largest absolute Gasteiger partial charge is 0.465 e. The Kier molecular flexibility index (Phi) is 2.39. The third-order valence-corrected chi connectivity index (χ3v) is 3.62. The van der Waals surface area contributed by atoms with Gasteiger partial charge in [-0.05, 0) is 19.3 Å². The fourth-order valence-electron chi connectivity index (χ4n) is 2.79. The molecule has 0 aliphatic heterocycles. The van der Waals surface area contributed by atoms with E-state index in [0.717, 1.165) is 4.68 Å². The van der Waals surface area contributed by atoms with Crippen molar-refractivity contribution >= 4 is 5.97 Å². The van der Waals surface area contributed by atoms with E-state index in [0.29, 0.717) is 12.0 Å². The summed E-state index contributed by atoms with van der Waals surface area (Å²) in [4.78, 5) is 11.4. The Morgan fingerprint density at radius 3 is 3.05 bits per heavy atom. The average molecular weight is 267 g/mol. The molecule has 1 saturated carbocycles. The van der Waals surface area contributed by atoms with Crippen LogP contribution in [0.15, 0.2) is 0 Å². The number of nitrogens with zero attached hydrogens (tertiary/aromatic N) is 3. The van der Waals surface area contributed by atoms with Crippen LogP contribution in [0.3, 0.4) is 0 Å². The van der Waals surface area contributed by atoms with Gasteiger partial charge in [0.05, 0.1) is 6.61 Å². The minimum Gasteiger partial charge on any atom is -0.465 e. The first-order valence-electron chi connectivity index (χ1n) is 6.05. The first-order valence-corrected chi connectivity index (χ1v) is 6.05. The Morgan fingerprint density at radius 2 is 2.42 bits per heavy atom. The van der Waals surface area contributed by atoms with Gasteiger partial charge in [0.1, 0.15) is 18.3 Å². The molecular weight excluding hydrogens is 256 g/mol. The van der Waals surface area contributed by atoms with Gasteiger partial charge in [-0.15, -0.1) is 0 Å². The number of carbonyl (C=O) groups excluding carboxylic acids is 1. The lowest BCUT2D eigenvalue weighted by molar-refractivity contribution is -0.144. The van der Waals surface area contributed by atoms with Crippen LogP contribution in [0.1, 0.15) is 36.2 Å². The molecule has 0 amide bonds. The van der Waals surface area contributed by atoms with Crippen LogP contribution < -0.4 is 0 Å². The van der Waals surface area contributed by atoms with Crippen LogP contribution in [0.5, 0.6) is 0 Å². The zero-order valence-corrected chi connectivity index (χ0v) is 10.2. The summed E-state index contributed by atoms with van der Waals surface area (Å²) in [5.74, 6) is -4.65. The summed E-state index contributed by atoms with van der Waals surface area (Å²) in [5.41, 5.74) is 0.0455. The first-order chi connectivity index (χ1) is 9.00. The quantitative estimate of drug-likeness (QED) is 0.779. The van der Waals surface area contributed by atoms with Gasteiger partial charge in [-0.3, -0.25) is 9.48 Å². The molecule has 19 heavy (non-hydrogen) atoms. The minimum absolute atomic E-state index is 0.00368. The van der Waals surface area contributed by atoms with Crippen LogP contribution in [0.4, 0.5) is 8.78 Å². The molecule has 1 aromatic rings. The zero-order chi connectivity index (χ0) is 13.8. The van der Waals surface area contributed by atoms with Crippen LogP contribution in [-0.2, 0) is 22.0 Å². The normalized spacial score (nSPS) is 25.4. The van der Waals surface area contributed by atoms with Crippen molar-refractivity contribution in [2.45, 2.75) is 31.7 Å². The Hall–Kier alpha value is -1.97. The zero-order valence-electron chi connectivity index (χ0n) is 10.2. The van der Waals surface area contributed by atoms with E-state index in [4.69, 9.17) is 10.00 Å². The minimum atomic E-state index is -3.01. The van der Waals surface area contributed by atoms with Gasteiger partial charge in [0.15, 0.2) is 5.69 Å². The maximum absolute atomic E-state index is 14.1. The lowest BCUT2D eigenvalue weighted by atomic mass is 10.1. The van der Waals surface area contributed by atoms with Gasteiger partial charge < -0.3 is 4.74 Å².